The zero-order chi connectivity index (χ0) is 17.6. The van der Waals surface area contributed by atoms with E-state index in [4.69, 9.17) is 4.74 Å². The maximum atomic E-state index is 11.0. The third-order valence-electron chi connectivity index (χ3n) is 4.55. The van der Waals surface area contributed by atoms with Crippen LogP contribution in [0, 0.1) is 10.1 Å². The highest BCUT2D eigenvalue weighted by atomic mass is 16.6. The number of nitrogens with zero attached hydrogens (tertiary/aromatic N) is 2. The van der Waals surface area contributed by atoms with Crippen molar-refractivity contribution in [2.45, 2.75) is 25.8 Å². The molecule has 0 atom stereocenters. The topological polar surface area (TPSA) is 67.6 Å². The van der Waals surface area contributed by atoms with Gasteiger partial charge in [0.05, 0.1) is 12.0 Å². The van der Waals surface area contributed by atoms with Crippen LogP contribution in [0.4, 0.5) is 17.1 Å². The van der Waals surface area contributed by atoms with E-state index in [0.717, 1.165) is 18.8 Å². The first-order valence-corrected chi connectivity index (χ1v) is 8.58. The quantitative estimate of drug-likeness (QED) is 0.630. The molecule has 132 valence electrons. The van der Waals surface area contributed by atoms with Gasteiger partial charge in [-0.1, -0.05) is 18.2 Å². The van der Waals surface area contributed by atoms with Crippen LogP contribution in [-0.2, 0) is 6.54 Å². The van der Waals surface area contributed by atoms with Crippen LogP contribution in [0.15, 0.2) is 42.5 Å². The van der Waals surface area contributed by atoms with Gasteiger partial charge in [0.15, 0.2) is 5.75 Å². The van der Waals surface area contributed by atoms with E-state index >= 15 is 0 Å². The molecular formula is C19H23N3O3. The number of para-hydroxylation sites is 1. The molecule has 1 heterocycles. The third-order valence-corrected chi connectivity index (χ3v) is 4.55. The van der Waals surface area contributed by atoms with Crippen LogP contribution in [-0.4, -0.2) is 25.1 Å². The molecule has 6 nitrogen and oxygen atoms in total. The van der Waals surface area contributed by atoms with E-state index < -0.39 is 4.92 Å². The van der Waals surface area contributed by atoms with E-state index in [1.54, 1.807) is 12.1 Å². The van der Waals surface area contributed by atoms with Crippen molar-refractivity contribution in [1.82, 2.24) is 0 Å². The summed E-state index contributed by atoms with van der Waals surface area (Å²) in [5.41, 5.74) is 3.27. The number of nitro benzene ring substituents is 1. The normalized spacial score (nSPS) is 14.2. The summed E-state index contributed by atoms with van der Waals surface area (Å²) in [4.78, 5) is 13.0. The van der Waals surface area contributed by atoms with Gasteiger partial charge in [-0.15, -0.1) is 0 Å². The zero-order valence-electron chi connectivity index (χ0n) is 14.4. The summed E-state index contributed by atoms with van der Waals surface area (Å²) in [6.07, 6.45) is 3.78. The molecule has 2 aromatic rings. The maximum Gasteiger partial charge on any atom is 0.311 e. The van der Waals surface area contributed by atoms with Gasteiger partial charge >= 0.3 is 5.69 Å². The number of nitrogens with one attached hydrogen (secondary N) is 1. The number of ether oxygens (including phenoxy) is 1. The molecule has 0 aliphatic carbocycles. The van der Waals surface area contributed by atoms with Crippen molar-refractivity contribution in [3.05, 3.63) is 58.1 Å². The first-order chi connectivity index (χ1) is 12.2. The molecule has 0 bridgehead atoms. The van der Waals surface area contributed by atoms with Gasteiger partial charge in [-0.3, -0.25) is 10.1 Å². The molecule has 0 spiro atoms. The lowest BCUT2D eigenvalue weighted by molar-refractivity contribution is -0.385. The number of hydrogen-bond acceptors (Lipinski definition) is 5. The Morgan fingerprint density at radius 2 is 1.92 bits per heavy atom. The summed E-state index contributed by atoms with van der Waals surface area (Å²) < 4.78 is 5.13. The van der Waals surface area contributed by atoms with Gasteiger partial charge in [0.1, 0.15) is 0 Å². The predicted molar refractivity (Wildman–Crippen MR) is 99.5 cm³/mol. The van der Waals surface area contributed by atoms with Crippen LogP contribution >= 0.6 is 0 Å². The largest absolute Gasteiger partial charge is 0.490 e. The van der Waals surface area contributed by atoms with Crippen molar-refractivity contribution in [2.75, 3.05) is 30.4 Å². The summed E-state index contributed by atoms with van der Waals surface area (Å²) in [5, 5.41) is 14.3. The van der Waals surface area contributed by atoms with Gasteiger partial charge in [-0.05, 0) is 37.0 Å². The smallest absolute Gasteiger partial charge is 0.311 e. The van der Waals surface area contributed by atoms with Crippen molar-refractivity contribution >= 4 is 17.1 Å². The number of rotatable bonds is 6. The second-order valence-electron chi connectivity index (χ2n) is 6.17. The van der Waals surface area contributed by atoms with Crippen molar-refractivity contribution in [3.63, 3.8) is 0 Å². The number of anilines is 2. The number of hydrogen-bond donors (Lipinski definition) is 1. The SMILES string of the molecule is COc1cc(NCc2ccccc2N2CCCCC2)ccc1[N+](=O)[O-]. The highest BCUT2D eigenvalue weighted by molar-refractivity contribution is 5.60. The predicted octanol–water partition coefficient (Wildman–Crippen LogP) is 4.21. The van der Waals surface area contributed by atoms with Crippen LogP contribution in [0.5, 0.6) is 5.75 Å². The Bertz CT molecular complexity index is 742. The fraction of sp³-hybridized carbons (Fsp3) is 0.368. The van der Waals surface area contributed by atoms with E-state index in [2.05, 4.69) is 28.4 Å². The summed E-state index contributed by atoms with van der Waals surface area (Å²) in [6.45, 7) is 2.86. The van der Waals surface area contributed by atoms with Crippen LogP contribution < -0.4 is 15.0 Å². The highest BCUT2D eigenvalue weighted by Crippen LogP contribution is 2.30. The van der Waals surface area contributed by atoms with Crippen LogP contribution in [0.25, 0.3) is 0 Å². The minimum atomic E-state index is -0.436. The lowest BCUT2D eigenvalue weighted by Gasteiger charge is -2.30. The van der Waals surface area contributed by atoms with Crippen molar-refractivity contribution in [2.24, 2.45) is 0 Å². The Hall–Kier alpha value is -2.76. The number of benzene rings is 2. The first kappa shape index (κ1) is 17.1. The van der Waals surface area contributed by atoms with Crippen LogP contribution in [0.3, 0.4) is 0 Å². The number of methoxy groups -OCH3 is 1. The van der Waals surface area contributed by atoms with Crippen molar-refractivity contribution in [3.8, 4) is 5.75 Å². The highest BCUT2D eigenvalue weighted by Gasteiger charge is 2.16. The average molecular weight is 341 g/mol. The van der Waals surface area contributed by atoms with Crippen molar-refractivity contribution in [1.29, 1.82) is 0 Å². The van der Waals surface area contributed by atoms with Gasteiger partial charge in [0, 0.05) is 43.1 Å². The molecule has 0 saturated carbocycles. The Labute approximate surface area is 147 Å². The molecule has 3 rings (SSSR count). The van der Waals surface area contributed by atoms with Crippen molar-refractivity contribution < 1.29 is 9.66 Å². The Morgan fingerprint density at radius 3 is 2.64 bits per heavy atom. The maximum absolute atomic E-state index is 11.0. The molecule has 0 radical (unpaired) electrons. The summed E-state index contributed by atoms with van der Waals surface area (Å²) >= 11 is 0. The molecule has 25 heavy (non-hydrogen) atoms. The molecule has 1 aliphatic heterocycles. The molecule has 6 heteroatoms. The molecule has 0 unspecified atom stereocenters. The molecule has 0 amide bonds. The van der Waals surface area contributed by atoms with Crippen LogP contribution in [0.2, 0.25) is 0 Å². The molecule has 1 N–H and O–H groups in total. The van der Waals surface area contributed by atoms with Gasteiger partial charge in [-0.25, -0.2) is 0 Å². The van der Waals surface area contributed by atoms with E-state index in [1.165, 1.54) is 43.7 Å². The molecule has 1 saturated heterocycles. The summed E-state index contributed by atoms with van der Waals surface area (Å²) in [6, 6.07) is 13.3. The number of nitro groups is 1. The zero-order valence-corrected chi connectivity index (χ0v) is 14.4. The summed E-state index contributed by atoms with van der Waals surface area (Å²) in [7, 11) is 1.44. The fourth-order valence-corrected chi connectivity index (χ4v) is 3.24. The Morgan fingerprint density at radius 1 is 1.16 bits per heavy atom. The second kappa shape index (κ2) is 7.88. The van der Waals surface area contributed by atoms with Crippen LogP contribution in [0.1, 0.15) is 24.8 Å². The Kier molecular flexibility index (Phi) is 5.38. The molecule has 1 fully saturated rings. The van der Waals surface area contributed by atoms with Gasteiger partial charge in [0.25, 0.3) is 0 Å². The monoisotopic (exact) mass is 341 g/mol. The number of piperidine rings is 1. The minimum absolute atomic E-state index is 0.0261. The van der Waals surface area contributed by atoms with Gasteiger partial charge in [-0.2, -0.15) is 0 Å². The van der Waals surface area contributed by atoms with E-state index in [0.29, 0.717) is 6.54 Å². The lowest BCUT2D eigenvalue weighted by Crippen LogP contribution is -2.30. The minimum Gasteiger partial charge on any atom is -0.490 e. The molecule has 2 aromatic carbocycles. The third kappa shape index (κ3) is 4.02. The molecule has 0 aromatic heterocycles. The van der Waals surface area contributed by atoms with E-state index in [-0.39, 0.29) is 11.4 Å². The molecular weight excluding hydrogens is 318 g/mol. The second-order valence-corrected chi connectivity index (χ2v) is 6.17. The molecule has 1 aliphatic rings. The first-order valence-electron chi connectivity index (χ1n) is 8.58. The van der Waals surface area contributed by atoms with Gasteiger partial charge in [0.2, 0.25) is 0 Å². The van der Waals surface area contributed by atoms with E-state index in [9.17, 15) is 10.1 Å². The van der Waals surface area contributed by atoms with Gasteiger partial charge < -0.3 is 15.0 Å². The Balaban J connectivity index is 1.74. The average Bonchev–Trinajstić information content (AvgIpc) is 2.67. The lowest BCUT2D eigenvalue weighted by atomic mass is 10.1. The standard InChI is InChI=1S/C19H23N3O3/c1-25-19-13-16(9-10-18(19)22(23)24)20-14-15-7-3-4-8-17(15)21-11-5-2-6-12-21/h3-4,7-10,13,20H,2,5-6,11-12,14H2,1H3. The summed E-state index contributed by atoms with van der Waals surface area (Å²) in [5.74, 6) is 0.263. The van der Waals surface area contributed by atoms with E-state index in [1.807, 2.05) is 6.07 Å². The fourth-order valence-electron chi connectivity index (χ4n) is 3.24.